The molecule has 8 heteroatoms. The van der Waals surface area contributed by atoms with E-state index < -0.39 is 9.84 Å². The Morgan fingerprint density at radius 2 is 1.72 bits per heavy atom. The van der Waals surface area contributed by atoms with Gasteiger partial charge in [0.25, 0.3) is 0 Å². The van der Waals surface area contributed by atoms with Crippen LogP contribution in [0.3, 0.4) is 0 Å². The van der Waals surface area contributed by atoms with Gasteiger partial charge in [0.2, 0.25) is 5.95 Å². The normalized spacial score (nSPS) is 16.2. The van der Waals surface area contributed by atoms with Crippen molar-refractivity contribution in [1.82, 2.24) is 19.1 Å². The van der Waals surface area contributed by atoms with E-state index in [1.807, 2.05) is 24.3 Å². The van der Waals surface area contributed by atoms with Crippen molar-refractivity contribution in [2.45, 2.75) is 19.4 Å². The molecule has 0 N–H and O–H groups in total. The van der Waals surface area contributed by atoms with E-state index in [1.165, 1.54) is 10.8 Å². The Kier molecular flexibility index (Phi) is 3.54. The van der Waals surface area contributed by atoms with Crippen LogP contribution in [-0.2, 0) is 16.4 Å². The molecule has 2 heterocycles. The fraction of sp³-hybridized carbons (Fsp3) is 0.353. The number of hydrogen-bond donors (Lipinski definition) is 0. The molecule has 0 atom stereocenters. The summed E-state index contributed by atoms with van der Waals surface area (Å²) < 4.78 is 26.6. The minimum absolute atomic E-state index is 0.105. The maximum atomic E-state index is 13.1. The largest absolute Gasteiger partial charge is 0.336 e. The quantitative estimate of drug-likeness (QED) is 0.688. The molecule has 1 aliphatic rings. The number of aromatic nitrogens is 4. The van der Waals surface area contributed by atoms with Crippen LogP contribution in [-0.4, -0.2) is 39.5 Å². The van der Waals surface area contributed by atoms with Gasteiger partial charge in [-0.15, -0.1) is 0 Å². The number of rotatable bonds is 5. The van der Waals surface area contributed by atoms with Gasteiger partial charge in [-0.2, -0.15) is 0 Å². The Labute approximate surface area is 144 Å². The summed E-state index contributed by atoms with van der Waals surface area (Å²) >= 11 is 0. The molecule has 0 amide bonds. The van der Waals surface area contributed by atoms with Crippen LogP contribution in [0, 0.1) is 5.41 Å². The molecule has 0 aliphatic heterocycles. The van der Waals surface area contributed by atoms with Gasteiger partial charge in [-0.25, -0.2) is 27.7 Å². The third kappa shape index (κ3) is 2.97. The Hall–Kier alpha value is -2.48. The predicted octanol–water partition coefficient (Wildman–Crippen LogP) is 1.41. The van der Waals surface area contributed by atoms with Crippen molar-refractivity contribution >= 4 is 20.9 Å². The van der Waals surface area contributed by atoms with Crippen molar-refractivity contribution in [3.63, 3.8) is 0 Å². The van der Waals surface area contributed by atoms with Gasteiger partial charge < -0.3 is 0 Å². The van der Waals surface area contributed by atoms with Gasteiger partial charge in [0.05, 0.1) is 16.8 Å². The zero-order valence-electron chi connectivity index (χ0n) is 13.8. The Morgan fingerprint density at radius 1 is 1.08 bits per heavy atom. The summed E-state index contributed by atoms with van der Waals surface area (Å²) in [6.45, 7) is 0.388. The molecule has 1 aliphatic carbocycles. The first-order chi connectivity index (χ1) is 11.9. The van der Waals surface area contributed by atoms with Crippen LogP contribution in [0.1, 0.15) is 12.8 Å². The van der Waals surface area contributed by atoms with Crippen molar-refractivity contribution in [1.29, 1.82) is 0 Å². The Morgan fingerprint density at radius 3 is 2.32 bits per heavy atom. The van der Waals surface area contributed by atoms with Gasteiger partial charge in [0, 0.05) is 30.6 Å². The van der Waals surface area contributed by atoms with E-state index in [-0.39, 0.29) is 16.9 Å². The standard InChI is InChI=1S/C17H18N4O3S/c1-25(23,24)12-17(7-8-17)11-20-13-5-2-3-6-14(13)21(16(20)22)15-18-9-4-10-19-15/h2-6,9-10H,7-8,11-12H2,1H3. The lowest BCUT2D eigenvalue weighted by molar-refractivity contribution is 0.457. The van der Waals surface area contributed by atoms with E-state index >= 15 is 0 Å². The van der Waals surface area contributed by atoms with E-state index in [2.05, 4.69) is 9.97 Å². The third-order valence-corrected chi connectivity index (χ3v) is 5.74. The van der Waals surface area contributed by atoms with Crippen molar-refractivity contribution in [3.05, 3.63) is 53.2 Å². The summed E-state index contributed by atoms with van der Waals surface area (Å²) in [6.07, 6.45) is 6.05. The molecule has 0 spiro atoms. The molecule has 4 rings (SSSR count). The minimum Gasteiger partial charge on any atom is -0.291 e. The molecule has 1 fully saturated rings. The zero-order chi connectivity index (χ0) is 17.7. The van der Waals surface area contributed by atoms with Crippen molar-refractivity contribution in [3.8, 4) is 5.95 Å². The lowest BCUT2D eigenvalue weighted by Crippen LogP contribution is -2.30. The van der Waals surface area contributed by atoms with Crippen LogP contribution < -0.4 is 5.69 Å². The molecule has 0 radical (unpaired) electrons. The lowest BCUT2D eigenvalue weighted by Gasteiger charge is -2.14. The number of benzene rings is 1. The Balaban J connectivity index is 1.86. The van der Waals surface area contributed by atoms with E-state index in [1.54, 1.807) is 23.0 Å². The molecule has 0 saturated heterocycles. The van der Waals surface area contributed by atoms with E-state index in [0.717, 1.165) is 18.4 Å². The molecule has 2 aromatic heterocycles. The highest BCUT2D eigenvalue weighted by atomic mass is 32.2. The van der Waals surface area contributed by atoms with Crippen LogP contribution in [0.15, 0.2) is 47.5 Å². The second kappa shape index (κ2) is 5.52. The van der Waals surface area contributed by atoms with Gasteiger partial charge in [0.1, 0.15) is 9.84 Å². The van der Waals surface area contributed by atoms with Crippen molar-refractivity contribution in [2.24, 2.45) is 5.41 Å². The minimum atomic E-state index is -3.10. The molecular weight excluding hydrogens is 340 g/mol. The second-order valence-corrected chi connectivity index (χ2v) is 8.95. The van der Waals surface area contributed by atoms with Crippen LogP contribution in [0.2, 0.25) is 0 Å². The maximum Gasteiger partial charge on any atom is 0.336 e. The molecule has 130 valence electrons. The highest BCUT2D eigenvalue weighted by molar-refractivity contribution is 7.90. The summed E-state index contributed by atoms with van der Waals surface area (Å²) in [7, 11) is -3.10. The molecule has 0 bridgehead atoms. The first-order valence-electron chi connectivity index (χ1n) is 8.04. The van der Waals surface area contributed by atoms with Crippen LogP contribution in [0.4, 0.5) is 0 Å². The number of fused-ring (bicyclic) bond motifs is 1. The molecular formula is C17H18N4O3S. The summed E-state index contributed by atoms with van der Waals surface area (Å²) in [4.78, 5) is 21.4. The first-order valence-corrected chi connectivity index (χ1v) is 10.1. The van der Waals surface area contributed by atoms with Gasteiger partial charge in [-0.1, -0.05) is 12.1 Å². The molecule has 1 saturated carbocycles. The smallest absolute Gasteiger partial charge is 0.291 e. The van der Waals surface area contributed by atoms with E-state index in [9.17, 15) is 13.2 Å². The Bertz CT molecular complexity index is 1100. The SMILES string of the molecule is CS(=O)(=O)CC1(Cn2c(=O)n(-c3ncccn3)c3ccccc32)CC1. The maximum absolute atomic E-state index is 13.1. The van der Waals surface area contributed by atoms with Gasteiger partial charge in [-0.05, 0) is 31.0 Å². The summed E-state index contributed by atoms with van der Waals surface area (Å²) in [6, 6.07) is 9.13. The fourth-order valence-electron chi connectivity index (χ4n) is 3.38. The lowest BCUT2D eigenvalue weighted by atomic mass is 10.1. The molecule has 0 unspecified atom stereocenters. The first kappa shape index (κ1) is 16.0. The number of nitrogens with zero attached hydrogens (tertiary/aromatic N) is 4. The fourth-order valence-corrected chi connectivity index (χ4v) is 4.87. The summed E-state index contributed by atoms with van der Waals surface area (Å²) in [5, 5.41) is 0. The molecule has 1 aromatic carbocycles. The van der Waals surface area contributed by atoms with Crippen LogP contribution in [0.5, 0.6) is 0 Å². The average Bonchev–Trinajstić information content (AvgIpc) is 3.25. The monoisotopic (exact) mass is 358 g/mol. The zero-order valence-corrected chi connectivity index (χ0v) is 14.6. The van der Waals surface area contributed by atoms with Gasteiger partial charge in [0.15, 0.2) is 0 Å². The molecule has 7 nitrogen and oxygen atoms in total. The number of sulfone groups is 1. The highest BCUT2D eigenvalue weighted by Gasteiger charge is 2.46. The van der Waals surface area contributed by atoms with Crippen molar-refractivity contribution < 1.29 is 8.42 Å². The summed E-state index contributed by atoms with van der Waals surface area (Å²) in [5.74, 6) is 0.420. The number of imidazole rings is 1. The highest BCUT2D eigenvalue weighted by Crippen LogP contribution is 2.48. The third-order valence-electron chi connectivity index (χ3n) is 4.61. The molecule has 25 heavy (non-hydrogen) atoms. The van der Waals surface area contributed by atoms with Gasteiger partial charge in [-0.3, -0.25) is 4.57 Å². The van der Waals surface area contributed by atoms with Gasteiger partial charge >= 0.3 is 5.69 Å². The second-order valence-electron chi connectivity index (χ2n) is 6.81. The average molecular weight is 358 g/mol. The van der Waals surface area contributed by atoms with Crippen LogP contribution in [0.25, 0.3) is 17.0 Å². The van der Waals surface area contributed by atoms with E-state index in [0.29, 0.717) is 18.0 Å². The van der Waals surface area contributed by atoms with Crippen molar-refractivity contribution in [2.75, 3.05) is 12.0 Å². The molecule has 3 aromatic rings. The van der Waals surface area contributed by atoms with E-state index in [4.69, 9.17) is 0 Å². The number of para-hydroxylation sites is 2. The number of hydrogen-bond acceptors (Lipinski definition) is 5. The van der Waals surface area contributed by atoms with Crippen LogP contribution >= 0.6 is 0 Å². The predicted molar refractivity (Wildman–Crippen MR) is 94.5 cm³/mol. The summed E-state index contributed by atoms with van der Waals surface area (Å²) in [5.41, 5.74) is 0.893. The topological polar surface area (TPSA) is 86.9 Å².